The van der Waals surface area contributed by atoms with Gasteiger partial charge >= 0.3 is 0 Å². The van der Waals surface area contributed by atoms with E-state index in [-0.39, 0.29) is 12.1 Å². The quantitative estimate of drug-likeness (QED) is 0.557. The molecule has 1 aliphatic carbocycles. The Labute approximate surface area is 113 Å². The van der Waals surface area contributed by atoms with Gasteiger partial charge in [-0.2, -0.15) is 0 Å². The Balaban J connectivity index is 2.13. The van der Waals surface area contributed by atoms with Crippen molar-refractivity contribution in [3.8, 4) is 0 Å². The number of nitrogens with zero attached hydrogens (tertiary/aromatic N) is 1. The number of hydrogen-bond acceptors (Lipinski definition) is 3. The van der Waals surface area contributed by atoms with Gasteiger partial charge in [0.15, 0.2) is 0 Å². The molecule has 0 aromatic rings. The van der Waals surface area contributed by atoms with Crippen molar-refractivity contribution in [3.05, 3.63) is 0 Å². The van der Waals surface area contributed by atoms with Crippen LogP contribution in [-0.2, 0) is 0 Å². The summed E-state index contributed by atoms with van der Waals surface area (Å²) in [6, 6.07) is 0.675. The van der Waals surface area contributed by atoms with Crippen molar-refractivity contribution in [2.24, 2.45) is 0 Å². The van der Waals surface area contributed by atoms with Crippen LogP contribution in [0.1, 0.15) is 59.3 Å². The van der Waals surface area contributed by atoms with Crippen molar-refractivity contribution in [1.82, 2.24) is 10.2 Å². The van der Waals surface area contributed by atoms with Crippen LogP contribution in [0, 0.1) is 0 Å². The summed E-state index contributed by atoms with van der Waals surface area (Å²) < 4.78 is 0. The molecule has 1 aliphatic rings. The molecule has 1 unspecified atom stereocenters. The van der Waals surface area contributed by atoms with Crippen LogP contribution in [0.5, 0.6) is 0 Å². The third-order valence-electron chi connectivity index (χ3n) is 3.92. The van der Waals surface area contributed by atoms with Gasteiger partial charge < -0.3 is 15.3 Å². The first-order valence-corrected chi connectivity index (χ1v) is 7.74. The molecule has 1 fully saturated rings. The van der Waals surface area contributed by atoms with Crippen molar-refractivity contribution >= 4 is 0 Å². The van der Waals surface area contributed by atoms with E-state index in [2.05, 4.69) is 31.0 Å². The molecule has 1 atom stereocenters. The molecule has 0 saturated heterocycles. The second-order valence-electron chi connectivity index (χ2n) is 6.03. The number of rotatable bonds is 11. The highest BCUT2D eigenvalue weighted by Gasteiger charge is 2.31. The van der Waals surface area contributed by atoms with E-state index in [0.717, 1.165) is 13.0 Å². The fraction of sp³-hybridized carbons (Fsp3) is 1.00. The predicted molar refractivity (Wildman–Crippen MR) is 77.9 cm³/mol. The Bertz CT molecular complexity index is 219. The van der Waals surface area contributed by atoms with Gasteiger partial charge in [0.25, 0.3) is 0 Å². The normalized spacial score (nSPS) is 19.2. The third-order valence-corrected chi connectivity index (χ3v) is 3.92. The van der Waals surface area contributed by atoms with Gasteiger partial charge in [-0.25, -0.2) is 0 Å². The van der Waals surface area contributed by atoms with Crippen molar-refractivity contribution in [1.29, 1.82) is 0 Å². The monoisotopic (exact) mass is 256 g/mol. The van der Waals surface area contributed by atoms with Crippen molar-refractivity contribution in [2.45, 2.75) is 70.9 Å². The van der Waals surface area contributed by atoms with E-state index in [1.54, 1.807) is 0 Å². The topological polar surface area (TPSA) is 35.5 Å². The van der Waals surface area contributed by atoms with E-state index in [1.165, 1.54) is 45.2 Å². The van der Waals surface area contributed by atoms with Crippen LogP contribution in [-0.4, -0.2) is 47.8 Å². The van der Waals surface area contributed by atoms with Gasteiger partial charge in [-0.05, 0) is 58.7 Å². The molecular formula is C15H32N2O. The standard InChI is InChI=1S/C15H32N2O/c1-4-11-17(5-2)12-7-6-10-15(3,13-18)16-14-8-9-14/h14,16,18H,4-13H2,1-3H3. The number of aliphatic hydroxyl groups is 1. The molecule has 1 rings (SSSR count). The first-order valence-electron chi connectivity index (χ1n) is 7.74. The molecule has 1 saturated carbocycles. The molecule has 108 valence electrons. The van der Waals surface area contributed by atoms with Crippen LogP contribution in [0.3, 0.4) is 0 Å². The number of hydrogen-bond donors (Lipinski definition) is 2. The average Bonchev–Trinajstić information content (AvgIpc) is 3.17. The van der Waals surface area contributed by atoms with E-state index in [4.69, 9.17) is 0 Å². The van der Waals surface area contributed by atoms with Gasteiger partial charge in [-0.3, -0.25) is 0 Å². The molecule has 0 bridgehead atoms. The molecule has 0 amide bonds. The molecule has 3 heteroatoms. The third kappa shape index (κ3) is 6.17. The minimum atomic E-state index is -0.0526. The molecule has 0 heterocycles. The Kier molecular flexibility index (Phi) is 7.20. The van der Waals surface area contributed by atoms with Gasteiger partial charge in [0.2, 0.25) is 0 Å². The highest BCUT2D eigenvalue weighted by Crippen LogP contribution is 2.24. The minimum Gasteiger partial charge on any atom is -0.394 e. The zero-order valence-electron chi connectivity index (χ0n) is 12.5. The summed E-state index contributed by atoms with van der Waals surface area (Å²) in [4.78, 5) is 2.52. The van der Waals surface area contributed by atoms with Gasteiger partial charge in [0, 0.05) is 11.6 Å². The number of aliphatic hydroxyl groups excluding tert-OH is 1. The maximum absolute atomic E-state index is 9.53. The van der Waals surface area contributed by atoms with E-state index in [1.807, 2.05) is 0 Å². The molecule has 18 heavy (non-hydrogen) atoms. The molecule has 3 nitrogen and oxygen atoms in total. The largest absolute Gasteiger partial charge is 0.394 e. The maximum Gasteiger partial charge on any atom is 0.0610 e. The predicted octanol–water partition coefficient (Wildman–Crippen LogP) is 2.39. The van der Waals surface area contributed by atoms with Crippen LogP contribution in [0.2, 0.25) is 0 Å². The zero-order chi connectivity index (χ0) is 13.4. The SMILES string of the molecule is CCCN(CC)CCCCC(C)(CO)NC1CC1. The van der Waals surface area contributed by atoms with E-state index < -0.39 is 0 Å². The summed E-state index contributed by atoms with van der Waals surface area (Å²) in [6.07, 6.45) is 7.35. The van der Waals surface area contributed by atoms with E-state index in [9.17, 15) is 5.11 Å². The van der Waals surface area contributed by atoms with Crippen molar-refractivity contribution in [3.63, 3.8) is 0 Å². The van der Waals surface area contributed by atoms with Gasteiger partial charge in [-0.1, -0.05) is 20.3 Å². The van der Waals surface area contributed by atoms with Crippen LogP contribution in [0.4, 0.5) is 0 Å². The molecular weight excluding hydrogens is 224 g/mol. The lowest BCUT2D eigenvalue weighted by Gasteiger charge is -2.29. The Morgan fingerprint density at radius 3 is 2.44 bits per heavy atom. The highest BCUT2D eigenvalue weighted by molar-refractivity contribution is 4.92. The highest BCUT2D eigenvalue weighted by atomic mass is 16.3. The van der Waals surface area contributed by atoms with E-state index >= 15 is 0 Å². The summed E-state index contributed by atoms with van der Waals surface area (Å²) in [7, 11) is 0. The van der Waals surface area contributed by atoms with Gasteiger partial charge in [0.05, 0.1) is 6.61 Å². The lowest BCUT2D eigenvalue weighted by atomic mass is 9.95. The lowest BCUT2D eigenvalue weighted by Crippen LogP contribution is -2.47. The minimum absolute atomic E-state index is 0.0526. The first-order chi connectivity index (χ1) is 8.63. The van der Waals surface area contributed by atoms with Crippen LogP contribution < -0.4 is 5.32 Å². The molecule has 0 radical (unpaired) electrons. The molecule has 0 aromatic carbocycles. The summed E-state index contributed by atoms with van der Waals surface area (Å²) >= 11 is 0. The second-order valence-corrected chi connectivity index (χ2v) is 6.03. The Morgan fingerprint density at radius 2 is 1.94 bits per heavy atom. The maximum atomic E-state index is 9.53. The molecule has 0 spiro atoms. The number of nitrogens with one attached hydrogen (secondary N) is 1. The number of unbranched alkanes of at least 4 members (excludes halogenated alkanes) is 1. The Morgan fingerprint density at radius 1 is 1.22 bits per heavy atom. The Hall–Kier alpha value is -0.120. The summed E-state index contributed by atoms with van der Waals surface area (Å²) in [6.45, 7) is 10.5. The fourth-order valence-electron chi connectivity index (χ4n) is 2.51. The first kappa shape index (κ1) is 15.9. The van der Waals surface area contributed by atoms with Crippen LogP contribution in [0.15, 0.2) is 0 Å². The molecule has 0 aliphatic heterocycles. The summed E-state index contributed by atoms with van der Waals surface area (Å²) in [5.41, 5.74) is -0.0526. The molecule has 0 aromatic heterocycles. The van der Waals surface area contributed by atoms with Crippen molar-refractivity contribution < 1.29 is 5.11 Å². The van der Waals surface area contributed by atoms with Gasteiger partial charge in [-0.15, -0.1) is 0 Å². The molecule has 2 N–H and O–H groups in total. The summed E-state index contributed by atoms with van der Waals surface area (Å²) in [5, 5.41) is 13.1. The summed E-state index contributed by atoms with van der Waals surface area (Å²) in [5.74, 6) is 0. The van der Waals surface area contributed by atoms with Gasteiger partial charge in [0.1, 0.15) is 0 Å². The fourth-order valence-corrected chi connectivity index (χ4v) is 2.51. The second kappa shape index (κ2) is 8.13. The van der Waals surface area contributed by atoms with Crippen LogP contribution in [0.25, 0.3) is 0 Å². The average molecular weight is 256 g/mol. The smallest absolute Gasteiger partial charge is 0.0610 e. The van der Waals surface area contributed by atoms with Crippen LogP contribution >= 0.6 is 0 Å². The lowest BCUT2D eigenvalue weighted by molar-refractivity contribution is 0.159. The van der Waals surface area contributed by atoms with Crippen molar-refractivity contribution in [2.75, 3.05) is 26.2 Å². The van der Waals surface area contributed by atoms with E-state index in [0.29, 0.717) is 6.04 Å². The zero-order valence-corrected chi connectivity index (χ0v) is 12.5.